The lowest BCUT2D eigenvalue weighted by atomic mass is 10.1. The summed E-state index contributed by atoms with van der Waals surface area (Å²) in [6.45, 7) is 0.276. The third-order valence-electron chi connectivity index (χ3n) is 3.11. The maximum absolute atomic E-state index is 11.8. The van der Waals surface area contributed by atoms with E-state index >= 15 is 0 Å². The molecular weight excluding hydrogens is 286 g/mol. The Morgan fingerprint density at radius 2 is 1.48 bits per heavy atom. The minimum Gasteiger partial charge on any atom is -0.460 e. The van der Waals surface area contributed by atoms with E-state index in [1.807, 2.05) is 60.7 Å². The summed E-state index contributed by atoms with van der Waals surface area (Å²) >= 11 is 0. The highest BCUT2D eigenvalue weighted by molar-refractivity contribution is 5.85. The Morgan fingerprint density at radius 3 is 2.05 bits per heavy atom. The molecule has 21 heavy (non-hydrogen) atoms. The van der Waals surface area contributed by atoms with Gasteiger partial charge in [-0.25, -0.2) is 0 Å². The molecule has 4 heteroatoms. The average molecular weight is 306 g/mol. The quantitative estimate of drug-likeness (QED) is 0.834. The second-order valence-corrected chi connectivity index (χ2v) is 4.72. The fourth-order valence-corrected chi connectivity index (χ4v) is 1.92. The largest absolute Gasteiger partial charge is 0.460 e. The first-order valence-electron chi connectivity index (χ1n) is 6.76. The molecule has 0 aliphatic carbocycles. The number of hydrogen-bond donors (Lipinski definition) is 1. The molecule has 0 amide bonds. The smallest absolute Gasteiger partial charge is 0.323 e. The molecule has 3 nitrogen and oxygen atoms in total. The Morgan fingerprint density at radius 1 is 0.952 bits per heavy atom. The van der Waals surface area contributed by atoms with Crippen molar-refractivity contribution in [2.24, 2.45) is 5.73 Å². The maximum atomic E-state index is 11.8. The van der Waals surface area contributed by atoms with Gasteiger partial charge in [0.05, 0.1) is 0 Å². The van der Waals surface area contributed by atoms with Gasteiger partial charge in [0.1, 0.15) is 12.6 Å². The molecule has 0 aromatic heterocycles. The summed E-state index contributed by atoms with van der Waals surface area (Å²) in [6, 6.07) is 19.0. The van der Waals surface area contributed by atoms with E-state index in [-0.39, 0.29) is 25.0 Å². The van der Waals surface area contributed by atoms with Crippen molar-refractivity contribution >= 4 is 18.4 Å². The summed E-state index contributed by atoms with van der Waals surface area (Å²) in [5, 5.41) is 0. The third-order valence-corrected chi connectivity index (χ3v) is 3.11. The summed E-state index contributed by atoms with van der Waals surface area (Å²) < 4.78 is 5.21. The molecule has 2 N–H and O–H groups in total. The van der Waals surface area contributed by atoms with E-state index in [0.717, 1.165) is 12.0 Å². The number of hydrogen-bond acceptors (Lipinski definition) is 3. The summed E-state index contributed by atoms with van der Waals surface area (Å²) in [5.74, 6) is -0.343. The van der Waals surface area contributed by atoms with Crippen LogP contribution in [-0.4, -0.2) is 12.0 Å². The maximum Gasteiger partial charge on any atom is 0.323 e. The molecule has 0 bridgehead atoms. The molecular formula is C17H20ClNO2. The molecule has 0 fully saturated rings. The molecule has 1 atom stereocenters. The van der Waals surface area contributed by atoms with Gasteiger partial charge in [-0.3, -0.25) is 4.79 Å². The van der Waals surface area contributed by atoms with Crippen molar-refractivity contribution in [3.05, 3.63) is 71.8 Å². The van der Waals surface area contributed by atoms with Crippen molar-refractivity contribution in [2.45, 2.75) is 25.5 Å². The van der Waals surface area contributed by atoms with Crippen molar-refractivity contribution in [1.29, 1.82) is 0 Å². The molecule has 2 aromatic rings. The number of halogens is 1. The fraction of sp³-hybridized carbons (Fsp3) is 0.235. The van der Waals surface area contributed by atoms with Gasteiger partial charge >= 0.3 is 5.97 Å². The van der Waals surface area contributed by atoms with Gasteiger partial charge in [0.2, 0.25) is 0 Å². The van der Waals surface area contributed by atoms with Gasteiger partial charge in [0, 0.05) is 0 Å². The van der Waals surface area contributed by atoms with Gasteiger partial charge in [0.15, 0.2) is 0 Å². The van der Waals surface area contributed by atoms with E-state index < -0.39 is 6.04 Å². The van der Waals surface area contributed by atoms with Crippen LogP contribution >= 0.6 is 12.4 Å². The standard InChI is InChI=1S/C17H19NO2.ClH/c18-16(12-11-14-7-3-1-4-8-14)17(19)20-13-15-9-5-2-6-10-15;/h1-10,16H,11-13,18H2;1H/t16-;/m0./s1. The highest BCUT2D eigenvalue weighted by Gasteiger charge is 2.14. The normalized spacial score (nSPS) is 11.3. The summed E-state index contributed by atoms with van der Waals surface area (Å²) in [4.78, 5) is 11.8. The Bertz CT molecular complexity index is 531. The highest BCUT2D eigenvalue weighted by Crippen LogP contribution is 2.06. The van der Waals surface area contributed by atoms with Gasteiger partial charge in [-0.15, -0.1) is 12.4 Å². The predicted molar refractivity (Wildman–Crippen MR) is 86.2 cm³/mol. The van der Waals surface area contributed by atoms with Gasteiger partial charge < -0.3 is 10.5 Å². The molecule has 0 spiro atoms. The van der Waals surface area contributed by atoms with Gasteiger partial charge in [-0.2, -0.15) is 0 Å². The van der Waals surface area contributed by atoms with Gasteiger partial charge in [0.25, 0.3) is 0 Å². The fourth-order valence-electron chi connectivity index (χ4n) is 1.92. The topological polar surface area (TPSA) is 52.3 Å². The van der Waals surface area contributed by atoms with Crippen LogP contribution in [0, 0.1) is 0 Å². The molecule has 0 aliphatic rings. The number of aryl methyl sites for hydroxylation is 1. The zero-order valence-corrected chi connectivity index (χ0v) is 12.6. The van der Waals surface area contributed by atoms with Crippen molar-refractivity contribution in [2.75, 3.05) is 0 Å². The van der Waals surface area contributed by atoms with Crippen LogP contribution in [0.15, 0.2) is 60.7 Å². The van der Waals surface area contributed by atoms with E-state index in [9.17, 15) is 4.79 Å². The second-order valence-electron chi connectivity index (χ2n) is 4.72. The molecule has 112 valence electrons. The Hall–Kier alpha value is -1.84. The van der Waals surface area contributed by atoms with Gasteiger partial charge in [-0.05, 0) is 24.0 Å². The minimum absolute atomic E-state index is 0. The van der Waals surface area contributed by atoms with Crippen LogP contribution in [0.2, 0.25) is 0 Å². The molecule has 0 aliphatic heterocycles. The number of nitrogens with two attached hydrogens (primary N) is 1. The van der Waals surface area contributed by atoms with Crippen molar-refractivity contribution in [3.63, 3.8) is 0 Å². The van der Waals surface area contributed by atoms with Crippen LogP contribution in [-0.2, 0) is 22.6 Å². The Labute approximate surface area is 131 Å². The number of ether oxygens (including phenoxy) is 1. The first kappa shape index (κ1) is 17.2. The number of rotatable bonds is 6. The number of carbonyl (C=O) groups excluding carboxylic acids is 1. The zero-order valence-electron chi connectivity index (χ0n) is 11.8. The van der Waals surface area contributed by atoms with Crippen LogP contribution in [0.1, 0.15) is 17.5 Å². The van der Waals surface area contributed by atoms with Crippen LogP contribution in [0.25, 0.3) is 0 Å². The number of esters is 1. The lowest BCUT2D eigenvalue weighted by Gasteiger charge is -2.11. The molecule has 2 rings (SSSR count). The molecule has 0 radical (unpaired) electrons. The van der Waals surface area contributed by atoms with Crippen molar-refractivity contribution in [3.8, 4) is 0 Å². The zero-order chi connectivity index (χ0) is 14.2. The van der Waals surface area contributed by atoms with E-state index in [4.69, 9.17) is 10.5 Å². The van der Waals surface area contributed by atoms with E-state index in [1.54, 1.807) is 0 Å². The number of benzene rings is 2. The van der Waals surface area contributed by atoms with E-state index in [1.165, 1.54) is 5.56 Å². The Balaban J connectivity index is 0.00000220. The average Bonchev–Trinajstić information content (AvgIpc) is 2.52. The van der Waals surface area contributed by atoms with E-state index in [0.29, 0.717) is 6.42 Å². The van der Waals surface area contributed by atoms with Crippen molar-refractivity contribution in [1.82, 2.24) is 0 Å². The molecule has 0 unspecified atom stereocenters. The SMILES string of the molecule is Cl.N[C@@H](CCc1ccccc1)C(=O)OCc1ccccc1. The molecule has 0 saturated heterocycles. The predicted octanol–water partition coefficient (Wildman–Crippen LogP) is 3.11. The minimum atomic E-state index is -0.570. The van der Waals surface area contributed by atoms with Crippen LogP contribution in [0.4, 0.5) is 0 Å². The highest BCUT2D eigenvalue weighted by atomic mass is 35.5. The summed E-state index contributed by atoms with van der Waals surface area (Å²) in [7, 11) is 0. The summed E-state index contributed by atoms with van der Waals surface area (Å²) in [6.07, 6.45) is 1.38. The third kappa shape index (κ3) is 5.98. The van der Waals surface area contributed by atoms with Gasteiger partial charge in [-0.1, -0.05) is 60.7 Å². The summed E-state index contributed by atoms with van der Waals surface area (Å²) in [5.41, 5.74) is 8.00. The Kier molecular flexibility index (Phi) is 7.51. The lowest BCUT2D eigenvalue weighted by Crippen LogP contribution is -2.32. The second kappa shape index (κ2) is 9.16. The van der Waals surface area contributed by atoms with E-state index in [2.05, 4.69) is 0 Å². The first-order chi connectivity index (χ1) is 9.75. The first-order valence-corrected chi connectivity index (χ1v) is 6.76. The monoisotopic (exact) mass is 305 g/mol. The molecule has 0 saturated carbocycles. The molecule has 2 aromatic carbocycles. The van der Waals surface area contributed by atoms with Crippen molar-refractivity contribution < 1.29 is 9.53 Å². The van der Waals surface area contributed by atoms with Crippen LogP contribution in [0.5, 0.6) is 0 Å². The molecule has 0 heterocycles. The van der Waals surface area contributed by atoms with Crippen LogP contribution < -0.4 is 5.73 Å². The lowest BCUT2D eigenvalue weighted by molar-refractivity contribution is -0.146. The number of carbonyl (C=O) groups is 1. The van der Waals surface area contributed by atoms with Crippen LogP contribution in [0.3, 0.4) is 0 Å².